The Hall–Kier alpha value is -2.80. The number of rotatable bonds is 8. The second-order valence-electron chi connectivity index (χ2n) is 10.0. The number of nitrogens with zero attached hydrogens (tertiary/aromatic N) is 2. The standard InChI is InChI=1S/C27H36N2O2/c1-26(2,3)22-13-14-24(23(19-22)27(4,5)6)31-20-25(30)29(17-10-16-28)18-15-21-11-8-7-9-12-21/h7-9,11-14,19H,10,15,17-18,20H2,1-6H3. The predicted octanol–water partition coefficient (Wildman–Crippen LogP) is 5.65. The normalized spacial score (nSPS) is 11.6. The molecule has 0 fully saturated rings. The van der Waals surface area contributed by atoms with E-state index in [2.05, 4.69) is 71.9 Å². The van der Waals surface area contributed by atoms with Gasteiger partial charge in [-0.25, -0.2) is 0 Å². The Bertz CT molecular complexity index is 900. The molecular formula is C27H36N2O2. The highest BCUT2D eigenvalue weighted by atomic mass is 16.5. The molecule has 2 aromatic carbocycles. The van der Waals surface area contributed by atoms with Crippen LogP contribution in [-0.2, 0) is 22.0 Å². The van der Waals surface area contributed by atoms with Crippen molar-refractivity contribution in [3.05, 3.63) is 65.2 Å². The summed E-state index contributed by atoms with van der Waals surface area (Å²) in [6.07, 6.45) is 1.07. The molecule has 4 heteroatoms. The van der Waals surface area contributed by atoms with Crippen molar-refractivity contribution in [2.24, 2.45) is 0 Å². The first-order chi connectivity index (χ1) is 14.5. The number of nitriles is 1. The van der Waals surface area contributed by atoms with Gasteiger partial charge in [-0.1, -0.05) is 84.0 Å². The molecule has 0 aliphatic rings. The van der Waals surface area contributed by atoms with Gasteiger partial charge in [-0.2, -0.15) is 5.26 Å². The maximum Gasteiger partial charge on any atom is 0.260 e. The number of carbonyl (C=O) groups is 1. The van der Waals surface area contributed by atoms with Crippen LogP contribution >= 0.6 is 0 Å². The minimum atomic E-state index is -0.104. The topological polar surface area (TPSA) is 53.3 Å². The Labute approximate surface area is 187 Å². The summed E-state index contributed by atoms with van der Waals surface area (Å²) in [6.45, 7) is 14.0. The molecule has 4 nitrogen and oxygen atoms in total. The lowest BCUT2D eigenvalue weighted by atomic mass is 9.80. The highest BCUT2D eigenvalue weighted by molar-refractivity contribution is 5.78. The lowest BCUT2D eigenvalue weighted by Gasteiger charge is -2.28. The van der Waals surface area contributed by atoms with Crippen molar-refractivity contribution in [1.29, 1.82) is 5.26 Å². The van der Waals surface area contributed by atoms with Crippen LogP contribution in [0.2, 0.25) is 0 Å². The molecule has 0 unspecified atom stereocenters. The van der Waals surface area contributed by atoms with Crippen LogP contribution in [0, 0.1) is 11.3 Å². The fourth-order valence-corrected chi connectivity index (χ4v) is 3.39. The van der Waals surface area contributed by atoms with E-state index in [9.17, 15) is 4.79 Å². The summed E-state index contributed by atoms with van der Waals surface area (Å²) in [5.41, 5.74) is 3.45. The maximum absolute atomic E-state index is 12.9. The molecule has 0 heterocycles. The summed E-state index contributed by atoms with van der Waals surface area (Å²) < 4.78 is 6.03. The number of ether oxygens (including phenoxy) is 1. The van der Waals surface area contributed by atoms with Crippen LogP contribution in [-0.4, -0.2) is 30.5 Å². The van der Waals surface area contributed by atoms with Gasteiger partial charge in [0.05, 0.1) is 12.5 Å². The number of benzene rings is 2. The smallest absolute Gasteiger partial charge is 0.260 e. The van der Waals surface area contributed by atoms with E-state index >= 15 is 0 Å². The molecule has 2 rings (SSSR count). The van der Waals surface area contributed by atoms with Crippen LogP contribution < -0.4 is 4.74 Å². The average Bonchev–Trinajstić information content (AvgIpc) is 2.71. The molecule has 31 heavy (non-hydrogen) atoms. The van der Waals surface area contributed by atoms with Gasteiger partial charge in [-0.05, 0) is 40.0 Å². The molecule has 1 amide bonds. The summed E-state index contributed by atoms with van der Waals surface area (Å²) in [5, 5.41) is 8.99. The third-order valence-electron chi connectivity index (χ3n) is 5.36. The van der Waals surface area contributed by atoms with Gasteiger partial charge in [0, 0.05) is 13.1 Å². The first-order valence-electron chi connectivity index (χ1n) is 11.0. The predicted molar refractivity (Wildman–Crippen MR) is 126 cm³/mol. The number of carbonyl (C=O) groups excluding carboxylic acids is 1. The maximum atomic E-state index is 12.9. The molecule has 0 aliphatic heterocycles. The van der Waals surface area contributed by atoms with Crippen LogP contribution in [0.3, 0.4) is 0 Å². The molecule has 0 N–H and O–H groups in total. The van der Waals surface area contributed by atoms with Crippen molar-refractivity contribution in [2.45, 2.75) is 65.2 Å². The summed E-state index contributed by atoms with van der Waals surface area (Å²) in [4.78, 5) is 14.7. The van der Waals surface area contributed by atoms with Gasteiger partial charge in [0.25, 0.3) is 5.91 Å². The SMILES string of the molecule is CC(C)(C)c1ccc(OCC(=O)N(CCC#N)CCc2ccccc2)c(C(C)(C)C)c1. The third-order valence-corrected chi connectivity index (χ3v) is 5.36. The van der Waals surface area contributed by atoms with Gasteiger partial charge < -0.3 is 9.64 Å². The second-order valence-corrected chi connectivity index (χ2v) is 10.0. The highest BCUT2D eigenvalue weighted by Gasteiger charge is 2.24. The molecule has 0 bridgehead atoms. The van der Waals surface area contributed by atoms with E-state index in [1.165, 1.54) is 11.1 Å². The van der Waals surface area contributed by atoms with Crippen molar-refractivity contribution < 1.29 is 9.53 Å². The number of hydrogen-bond acceptors (Lipinski definition) is 3. The van der Waals surface area contributed by atoms with Crippen LogP contribution in [0.1, 0.15) is 64.7 Å². The molecule has 0 saturated carbocycles. The number of hydrogen-bond donors (Lipinski definition) is 0. The van der Waals surface area contributed by atoms with E-state index in [1.54, 1.807) is 4.90 Å². The molecule has 0 spiro atoms. The molecule has 0 aromatic heterocycles. The molecule has 0 atom stereocenters. The van der Waals surface area contributed by atoms with E-state index in [1.807, 2.05) is 24.3 Å². The Morgan fingerprint density at radius 2 is 1.65 bits per heavy atom. The van der Waals surface area contributed by atoms with Crippen molar-refractivity contribution in [3.63, 3.8) is 0 Å². The fraction of sp³-hybridized carbons (Fsp3) is 0.481. The third kappa shape index (κ3) is 7.43. The van der Waals surface area contributed by atoms with E-state index in [4.69, 9.17) is 10.00 Å². The molecule has 0 aliphatic carbocycles. The van der Waals surface area contributed by atoms with E-state index in [0.29, 0.717) is 19.5 Å². The molecule has 0 radical (unpaired) electrons. The van der Waals surface area contributed by atoms with Gasteiger partial charge in [0.15, 0.2) is 6.61 Å². The lowest BCUT2D eigenvalue weighted by Crippen LogP contribution is -2.37. The van der Waals surface area contributed by atoms with Gasteiger partial charge in [0.1, 0.15) is 5.75 Å². The average molecular weight is 421 g/mol. The number of amides is 1. The minimum Gasteiger partial charge on any atom is -0.483 e. The summed E-state index contributed by atoms with van der Waals surface area (Å²) in [7, 11) is 0. The Morgan fingerprint density at radius 3 is 2.23 bits per heavy atom. The van der Waals surface area contributed by atoms with Gasteiger partial charge in [-0.15, -0.1) is 0 Å². The Morgan fingerprint density at radius 1 is 0.968 bits per heavy atom. The van der Waals surface area contributed by atoms with E-state index in [-0.39, 0.29) is 23.3 Å². The van der Waals surface area contributed by atoms with Crippen LogP contribution in [0.25, 0.3) is 0 Å². The fourth-order valence-electron chi connectivity index (χ4n) is 3.39. The molecular weight excluding hydrogens is 384 g/mol. The van der Waals surface area contributed by atoms with E-state index in [0.717, 1.165) is 17.7 Å². The summed E-state index contributed by atoms with van der Waals surface area (Å²) >= 11 is 0. The molecule has 166 valence electrons. The summed E-state index contributed by atoms with van der Waals surface area (Å²) in [6, 6.07) is 18.5. The van der Waals surface area contributed by atoms with Crippen molar-refractivity contribution in [3.8, 4) is 11.8 Å². The minimum absolute atomic E-state index is 0.0296. The Kier molecular flexibility index (Phi) is 8.28. The van der Waals surface area contributed by atoms with Crippen LogP contribution in [0.15, 0.2) is 48.5 Å². The molecule has 2 aromatic rings. The first-order valence-corrected chi connectivity index (χ1v) is 11.0. The van der Waals surface area contributed by atoms with Gasteiger partial charge in [-0.3, -0.25) is 4.79 Å². The first kappa shape index (κ1) is 24.5. The molecule has 0 saturated heterocycles. The highest BCUT2D eigenvalue weighted by Crippen LogP contribution is 2.35. The monoisotopic (exact) mass is 420 g/mol. The lowest BCUT2D eigenvalue weighted by molar-refractivity contribution is -0.133. The second kappa shape index (κ2) is 10.5. The van der Waals surface area contributed by atoms with Crippen molar-refractivity contribution in [2.75, 3.05) is 19.7 Å². The quantitative estimate of drug-likeness (QED) is 0.555. The van der Waals surface area contributed by atoms with Crippen molar-refractivity contribution >= 4 is 5.91 Å². The van der Waals surface area contributed by atoms with Crippen LogP contribution in [0.4, 0.5) is 0 Å². The zero-order valence-corrected chi connectivity index (χ0v) is 19.9. The van der Waals surface area contributed by atoms with Gasteiger partial charge >= 0.3 is 0 Å². The zero-order chi connectivity index (χ0) is 23.1. The van der Waals surface area contributed by atoms with Crippen molar-refractivity contribution in [1.82, 2.24) is 4.90 Å². The van der Waals surface area contributed by atoms with Crippen LogP contribution in [0.5, 0.6) is 5.75 Å². The van der Waals surface area contributed by atoms with Gasteiger partial charge in [0.2, 0.25) is 0 Å². The zero-order valence-electron chi connectivity index (χ0n) is 19.9. The largest absolute Gasteiger partial charge is 0.483 e. The van der Waals surface area contributed by atoms with E-state index < -0.39 is 0 Å². The summed E-state index contributed by atoms with van der Waals surface area (Å²) in [5.74, 6) is 0.656. The Balaban J connectivity index is 2.12.